The number of nitrogens with zero attached hydrogens (tertiary/aromatic N) is 1. The van der Waals surface area contributed by atoms with Crippen molar-refractivity contribution in [1.82, 2.24) is 0 Å². The van der Waals surface area contributed by atoms with Crippen LogP contribution >= 0.6 is 0 Å². The molecule has 130 valence electrons. The van der Waals surface area contributed by atoms with E-state index in [-0.39, 0.29) is 31.6 Å². The molecule has 7 heteroatoms. The molecule has 5 nitrogen and oxygen atoms in total. The summed E-state index contributed by atoms with van der Waals surface area (Å²) in [6, 6.07) is 6.68. The van der Waals surface area contributed by atoms with Crippen molar-refractivity contribution in [3.8, 4) is 11.8 Å². The van der Waals surface area contributed by atoms with Crippen molar-refractivity contribution >= 4 is 11.6 Å². The Morgan fingerprint density at radius 2 is 2.08 bits per heavy atom. The maximum absolute atomic E-state index is 13.2. The normalized spacial score (nSPS) is 17.1. The smallest absolute Gasteiger partial charge is 0.248 e. The Labute approximate surface area is 139 Å². The highest BCUT2D eigenvalue weighted by atomic mass is 19.3. The van der Waals surface area contributed by atoms with Crippen molar-refractivity contribution in [2.75, 3.05) is 25.6 Å². The van der Waals surface area contributed by atoms with Crippen molar-refractivity contribution in [1.29, 1.82) is 5.26 Å². The van der Waals surface area contributed by atoms with Crippen LogP contribution in [0.15, 0.2) is 18.2 Å². The Bertz CT molecular complexity index is 619. The van der Waals surface area contributed by atoms with Gasteiger partial charge in [0.15, 0.2) is 0 Å². The first kappa shape index (κ1) is 18.1. The van der Waals surface area contributed by atoms with Crippen molar-refractivity contribution < 1.29 is 23.0 Å². The van der Waals surface area contributed by atoms with E-state index in [0.29, 0.717) is 30.2 Å². The number of hydrogen-bond donors (Lipinski definition) is 1. The van der Waals surface area contributed by atoms with Gasteiger partial charge in [-0.3, -0.25) is 4.79 Å². The average Bonchev–Trinajstić information content (AvgIpc) is 2.56. The van der Waals surface area contributed by atoms with Crippen molar-refractivity contribution in [2.24, 2.45) is 5.92 Å². The van der Waals surface area contributed by atoms with E-state index >= 15 is 0 Å². The van der Waals surface area contributed by atoms with Gasteiger partial charge in [-0.25, -0.2) is 8.78 Å². The molecular weight excluding hydrogens is 318 g/mol. The molecule has 1 aromatic rings. The van der Waals surface area contributed by atoms with E-state index in [2.05, 4.69) is 5.32 Å². The molecule has 0 aromatic heterocycles. The lowest BCUT2D eigenvalue weighted by molar-refractivity contribution is -0.124. The average molecular weight is 338 g/mol. The molecule has 0 heterocycles. The van der Waals surface area contributed by atoms with E-state index in [1.165, 1.54) is 6.07 Å². The minimum Gasteiger partial charge on any atom is -0.489 e. The number of nitriles is 1. The van der Waals surface area contributed by atoms with Crippen LogP contribution in [0.2, 0.25) is 0 Å². The maximum Gasteiger partial charge on any atom is 0.248 e. The van der Waals surface area contributed by atoms with Gasteiger partial charge in [0.2, 0.25) is 11.8 Å². The molecule has 0 saturated heterocycles. The highest BCUT2D eigenvalue weighted by Crippen LogP contribution is 2.37. The van der Waals surface area contributed by atoms with E-state index in [4.69, 9.17) is 14.7 Å². The van der Waals surface area contributed by atoms with Crippen LogP contribution in [0.3, 0.4) is 0 Å². The number of carbonyl (C=O) groups excluding carboxylic acids is 1. The minimum absolute atomic E-state index is 0.149. The molecule has 1 aliphatic rings. The number of nitrogens with one attached hydrogen (secondary N) is 1. The third kappa shape index (κ3) is 4.90. The summed E-state index contributed by atoms with van der Waals surface area (Å²) < 4.78 is 36.8. The van der Waals surface area contributed by atoms with Gasteiger partial charge >= 0.3 is 0 Å². The Balaban J connectivity index is 2.06. The zero-order valence-electron chi connectivity index (χ0n) is 13.5. The molecule has 1 saturated carbocycles. The first-order valence-corrected chi connectivity index (χ1v) is 7.80. The second-order valence-electron chi connectivity index (χ2n) is 5.78. The second-order valence-corrected chi connectivity index (χ2v) is 5.78. The zero-order chi connectivity index (χ0) is 17.6. The number of amides is 1. The monoisotopic (exact) mass is 338 g/mol. The predicted molar refractivity (Wildman–Crippen MR) is 84.1 cm³/mol. The largest absolute Gasteiger partial charge is 0.489 e. The first-order valence-electron chi connectivity index (χ1n) is 7.80. The Morgan fingerprint density at radius 1 is 1.38 bits per heavy atom. The molecule has 0 radical (unpaired) electrons. The van der Waals surface area contributed by atoms with Crippen LogP contribution in [0.1, 0.15) is 31.2 Å². The fourth-order valence-corrected chi connectivity index (χ4v) is 2.60. The van der Waals surface area contributed by atoms with Crippen LogP contribution in [-0.4, -0.2) is 32.2 Å². The van der Waals surface area contributed by atoms with Crippen LogP contribution in [-0.2, 0) is 9.53 Å². The van der Waals surface area contributed by atoms with E-state index < -0.39 is 11.8 Å². The summed E-state index contributed by atoms with van der Waals surface area (Å²) in [6.45, 7) is 0.673. The molecule has 0 atom stereocenters. The number of benzene rings is 1. The van der Waals surface area contributed by atoms with Crippen LogP contribution in [0, 0.1) is 17.2 Å². The fraction of sp³-hybridized carbons (Fsp3) is 0.529. The van der Waals surface area contributed by atoms with Crippen molar-refractivity contribution in [3.05, 3.63) is 23.8 Å². The number of alkyl halides is 2. The van der Waals surface area contributed by atoms with Gasteiger partial charge < -0.3 is 14.8 Å². The van der Waals surface area contributed by atoms with E-state index in [0.717, 1.165) is 0 Å². The van der Waals surface area contributed by atoms with Gasteiger partial charge in [0.05, 0.1) is 23.9 Å². The lowest BCUT2D eigenvalue weighted by atomic mass is 9.86. The van der Waals surface area contributed by atoms with Gasteiger partial charge in [0.25, 0.3) is 0 Å². The number of methoxy groups -OCH3 is 1. The summed E-state index contributed by atoms with van der Waals surface area (Å²) in [6.07, 6.45) is -0.256. The maximum atomic E-state index is 13.2. The van der Waals surface area contributed by atoms with Gasteiger partial charge in [-0.1, -0.05) is 0 Å². The molecule has 0 unspecified atom stereocenters. The lowest BCUT2D eigenvalue weighted by Gasteiger charge is -2.27. The van der Waals surface area contributed by atoms with Gasteiger partial charge in [-0.05, 0) is 31.0 Å². The zero-order valence-corrected chi connectivity index (χ0v) is 13.5. The summed E-state index contributed by atoms with van der Waals surface area (Å²) in [5.74, 6) is -3.04. The highest BCUT2D eigenvalue weighted by molar-refractivity contribution is 5.94. The quantitative estimate of drug-likeness (QED) is 0.808. The summed E-state index contributed by atoms with van der Waals surface area (Å²) in [5, 5.41) is 11.7. The molecule has 1 amide bonds. The molecule has 0 aliphatic heterocycles. The van der Waals surface area contributed by atoms with Crippen molar-refractivity contribution in [2.45, 2.75) is 31.6 Å². The number of hydrogen-bond acceptors (Lipinski definition) is 4. The molecule has 2 rings (SSSR count). The minimum atomic E-state index is -2.67. The van der Waals surface area contributed by atoms with Crippen LogP contribution < -0.4 is 10.1 Å². The Morgan fingerprint density at radius 3 is 2.71 bits per heavy atom. The lowest BCUT2D eigenvalue weighted by Crippen LogP contribution is -2.32. The third-order valence-electron chi connectivity index (χ3n) is 4.00. The molecule has 1 aromatic carbocycles. The molecule has 1 fully saturated rings. The van der Waals surface area contributed by atoms with E-state index in [1.807, 2.05) is 6.07 Å². The van der Waals surface area contributed by atoms with Gasteiger partial charge in [0, 0.05) is 25.9 Å². The number of anilines is 1. The highest BCUT2D eigenvalue weighted by Gasteiger charge is 2.37. The van der Waals surface area contributed by atoms with E-state index in [9.17, 15) is 13.6 Å². The molecule has 1 N–H and O–H groups in total. The summed E-state index contributed by atoms with van der Waals surface area (Å²) >= 11 is 0. The standard InChI is InChI=1S/C17H20F2N2O3/c1-23-8-9-24-15-3-2-12(11-20)10-14(15)21-16(22)13-4-6-17(18,19)7-5-13/h2-3,10,13H,4-9H2,1H3,(H,21,22). The second kappa shape index (κ2) is 8.06. The first-order chi connectivity index (χ1) is 11.4. The van der Waals surface area contributed by atoms with Crippen LogP contribution in [0.4, 0.5) is 14.5 Å². The summed E-state index contributed by atoms with van der Waals surface area (Å²) in [7, 11) is 1.55. The topological polar surface area (TPSA) is 71.3 Å². The number of rotatable bonds is 6. The van der Waals surface area contributed by atoms with Crippen LogP contribution in [0.25, 0.3) is 0 Å². The molecular formula is C17H20F2N2O3. The number of ether oxygens (including phenoxy) is 2. The van der Waals surface area contributed by atoms with Gasteiger partial charge in [-0.15, -0.1) is 0 Å². The van der Waals surface area contributed by atoms with Crippen molar-refractivity contribution in [3.63, 3.8) is 0 Å². The predicted octanol–water partition coefficient (Wildman–Crippen LogP) is 3.35. The molecule has 1 aliphatic carbocycles. The summed E-state index contributed by atoms with van der Waals surface area (Å²) in [5.41, 5.74) is 0.743. The van der Waals surface area contributed by atoms with E-state index in [1.54, 1.807) is 19.2 Å². The van der Waals surface area contributed by atoms with Gasteiger partial charge in [-0.2, -0.15) is 5.26 Å². The van der Waals surface area contributed by atoms with Crippen LogP contribution in [0.5, 0.6) is 5.75 Å². The molecule has 0 bridgehead atoms. The SMILES string of the molecule is COCCOc1ccc(C#N)cc1NC(=O)C1CCC(F)(F)CC1. The molecule has 24 heavy (non-hydrogen) atoms. The third-order valence-corrected chi connectivity index (χ3v) is 4.00. The van der Waals surface area contributed by atoms with Gasteiger partial charge in [0.1, 0.15) is 12.4 Å². The number of carbonyl (C=O) groups is 1. The Hall–Kier alpha value is -2.20. The fourth-order valence-electron chi connectivity index (χ4n) is 2.60. The Kier molecular flexibility index (Phi) is 6.10. The number of halogens is 2. The summed E-state index contributed by atoms with van der Waals surface area (Å²) in [4.78, 5) is 12.3. The molecule has 0 spiro atoms.